The van der Waals surface area contributed by atoms with Crippen LogP contribution in [0.4, 0.5) is 4.39 Å². The molecule has 0 unspecified atom stereocenters. The molecule has 4 rings (SSSR count). The van der Waals surface area contributed by atoms with Gasteiger partial charge in [0.2, 0.25) is 0 Å². The van der Waals surface area contributed by atoms with E-state index in [2.05, 4.69) is 18.7 Å². The lowest BCUT2D eigenvalue weighted by Gasteiger charge is -2.42. The Hall–Kier alpha value is -1.82. The number of carbonyl (C=O) groups is 1. The van der Waals surface area contributed by atoms with Crippen molar-refractivity contribution >= 4 is 29.2 Å². The molecule has 3 atom stereocenters. The van der Waals surface area contributed by atoms with Gasteiger partial charge in [0.25, 0.3) is 0 Å². The number of carboxylic acid groups (broad SMARTS) is 1. The number of carboxylic acids is 1. The first-order chi connectivity index (χ1) is 15.2. The Morgan fingerprint density at radius 3 is 2.47 bits per heavy atom. The van der Waals surface area contributed by atoms with Gasteiger partial charge in [-0.1, -0.05) is 23.2 Å². The van der Waals surface area contributed by atoms with Crippen molar-refractivity contribution in [3.8, 4) is 5.75 Å². The highest BCUT2D eigenvalue weighted by Crippen LogP contribution is 2.45. The van der Waals surface area contributed by atoms with Crippen molar-refractivity contribution in [2.45, 2.75) is 57.5 Å². The molecule has 2 aromatic rings. The van der Waals surface area contributed by atoms with Crippen LogP contribution < -0.4 is 4.74 Å². The molecule has 1 heterocycles. The van der Waals surface area contributed by atoms with Crippen molar-refractivity contribution in [1.29, 1.82) is 0 Å². The van der Waals surface area contributed by atoms with Crippen molar-refractivity contribution in [1.82, 2.24) is 4.90 Å². The molecule has 0 aromatic heterocycles. The number of hydrogen-bond donors (Lipinski definition) is 1. The number of rotatable bonds is 7. The van der Waals surface area contributed by atoms with Gasteiger partial charge >= 0.3 is 5.97 Å². The molecular weight excluding hydrogens is 452 g/mol. The van der Waals surface area contributed by atoms with E-state index in [0.29, 0.717) is 28.4 Å². The zero-order valence-electron chi connectivity index (χ0n) is 18.3. The van der Waals surface area contributed by atoms with Crippen molar-refractivity contribution in [3.05, 3.63) is 62.9 Å². The minimum atomic E-state index is -1.25. The van der Waals surface area contributed by atoms with Gasteiger partial charge in [-0.2, -0.15) is 0 Å². The van der Waals surface area contributed by atoms with Gasteiger partial charge in [0.05, 0.1) is 12.2 Å². The molecule has 4 nitrogen and oxygen atoms in total. The van der Waals surface area contributed by atoms with Crippen LogP contribution in [-0.4, -0.2) is 35.2 Å². The normalized spacial score (nSPS) is 22.5. The highest BCUT2D eigenvalue weighted by molar-refractivity contribution is 6.34. The van der Waals surface area contributed by atoms with Crippen molar-refractivity contribution in [2.75, 3.05) is 13.2 Å². The topological polar surface area (TPSA) is 49.8 Å². The van der Waals surface area contributed by atoms with E-state index in [-0.39, 0.29) is 23.4 Å². The fourth-order valence-corrected chi connectivity index (χ4v) is 5.22. The Kier molecular flexibility index (Phi) is 6.99. The predicted octanol–water partition coefficient (Wildman–Crippen LogP) is 6.95. The van der Waals surface area contributed by atoms with E-state index in [4.69, 9.17) is 27.9 Å². The van der Waals surface area contributed by atoms with E-state index in [9.17, 15) is 14.3 Å². The quantitative estimate of drug-likeness (QED) is 0.466. The first-order valence-electron chi connectivity index (χ1n) is 11.1. The van der Waals surface area contributed by atoms with Gasteiger partial charge in [0.1, 0.15) is 11.6 Å². The Balaban J connectivity index is 1.46. The second-order valence-corrected chi connectivity index (χ2v) is 10.0. The fraction of sp³-hybridized carbons (Fsp3) is 0.480. The highest BCUT2D eigenvalue weighted by atomic mass is 35.5. The lowest BCUT2D eigenvalue weighted by atomic mass is 9.91. The zero-order valence-corrected chi connectivity index (χ0v) is 19.8. The molecule has 1 aliphatic heterocycles. The van der Waals surface area contributed by atoms with Gasteiger partial charge in [-0.15, -0.1) is 0 Å². The molecule has 2 fully saturated rings. The summed E-state index contributed by atoms with van der Waals surface area (Å²) in [5.74, 6) is -0.961. The van der Waals surface area contributed by atoms with Crippen molar-refractivity contribution in [3.63, 3.8) is 0 Å². The molecule has 7 heteroatoms. The standard InChI is InChI=1S/C25H28Cl2FNO3/c1-14-3-4-16(12-29(14)15(2)18-7-19(26)9-20(27)8-18)13-32-24-11-23(28)22(25(30)31)10-21(24)17-5-6-17/h7-11,14-17H,3-6,12-13H2,1-2H3,(H,30,31)/t14-,15-,16-/m1/s1. The van der Waals surface area contributed by atoms with E-state index in [0.717, 1.165) is 43.4 Å². The molecule has 2 aromatic carbocycles. The molecule has 1 N–H and O–H groups in total. The van der Waals surface area contributed by atoms with Crippen molar-refractivity contribution < 1.29 is 19.0 Å². The lowest BCUT2D eigenvalue weighted by Crippen LogP contribution is -2.44. The van der Waals surface area contributed by atoms with Crippen LogP contribution in [0.5, 0.6) is 5.75 Å². The largest absolute Gasteiger partial charge is 0.493 e. The summed E-state index contributed by atoms with van der Waals surface area (Å²) in [5.41, 5.74) is 1.61. The number of benzene rings is 2. The van der Waals surface area contributed by atoms with Gasteiger partial charge in [0, 0.05) is 40.7 Å². The van der Waals surface area contributed by atoms with Gasteiger partial charge in [-0.25, -0.2) is 9.18 Å². The molecule has 0 radical (unpaired) electrons. The Labute approximate surface area is 198 Å². The molecule has 172 valence electrons. The molecule has 1 aliphatic carbocycles. The summed E-state index contributed by atoms with van der Waals surface area (Å²) in [7, 11) is 0. The van der Waals surface area contributed by atoms with E-state index < -0.39 is 11.8 Å². The van der Waals surface area contributed by atoms with Crippen LogP contribution in [-0.2, 0) is 0 Å². The van der Waals surface area contributed by atoms with E-state index in [1.807, 2.05) is 12.1 Å². The molecule has 32 heavy (non-hydrogen) atoms. The number of likely N-dealkylation sites (tertiary alicyclic amines) is 1. The second-order valence-electron chi connectivity index (χ2n) is 9.13. The third kappa shape index (κ3) is 5.22. The first-order valence-corrected chi connectivity index (χ1v) is 11.9. The number of halogens is 3. The predicted molar refractivity (Wildman–Crippen MR) is 125 cm³/mol. The summed E-state index contributed by atoms with van der Waals surface area (Å²) in [4.78, 5) is 13.8. The minimum absolute atomic E-state index is 0.151. The molecule has 1 saturated carbocycles. The molecule has 1 saturated heterocycles. The summed E-state index contributed by atoms with van der Waals surface area (Å²) >= 11 is 12.4. The summed E-state index contributed by atoms with van der Waals surface area (Å²) in [6, 6.07) is 8.91. The minimum Gasteiger partial charge on any atom is -0.493 e. The maximum atomic E-state index is 14.3. The third-order valence-electron chi connectivity index (χ3n) is 6.71. The van der Waals surface area contributed by atoms with Crippen LogP contribution in [0.1, 0.15) is 73.0 Å². The molecular formula is C25H28Cl2FNO3. The van der Waals surface area contributed by atoms with E-state index in [1.165, 1.54) is 12.1 Å². The van der Waals surface area contributed by atoms with Gasteiger partial charge in [-0.3, -0.25) is 4.90 Å². The number of nitrogens with zero attached hydrogens (tertiary/aromatic N) is 1. The Bertz CT molecular complexity index is 991. The number of piperidine rings is 1. The molecule has 0 spiro atoms. The number of ether oxygens (including phenoxy) is 1. The van der Waals surface area contributed by atoms with Crippen LogP contribution in [0.15, 0.2) is 30.3 Å². The zero-order chi connectivity index (χ0) is 23.0. The van der Waals surface area contributed by atoms with Gasteiger partial charge in [-0.05, 0) is 80.8 Å². The summed E-state index contributed by atoms with van der Waals surface area (Å²) in [6.45, 7) is 5.70. The average molecular weight is 480 g/mol. The summed E-state index contributed by atoms with van der Waals surface area (Å²) < 4.78 is 20.4. The monoisotopic (exact) mass is 479 g/mol. The fourth-order valence-electron chi connectivity index (χ4n) is 4.68. The summed E-state index contributed by atoms with van der Waals surface area (Å²) in [5, 5.41) is 10.5. The van der Waals surface area contributed by atoms with E-state index >= 15 is 0 Å². The maximum Gasteiger partial charge on any atom is 0.338 e. The molecule has 2 aliphatic rings. The molecule has 0 bridgehead atoms. The number of aromatic carboxylic acids is 1. The first kappa shape index (κ1) is 23.3. The Morgan fingerprint density at radius 2 is 1.84 bits per heavy atom. The maximum absolute atomic E-state index is 14.3. The molecule has 0 amide bonds. The number of hydrogen-bond acceptors (Lipinski definition) is 3. The summed E-state index contributed by atoms with van der Waals surface area (Å²) in [6.07, 6.45) is 4.02. The SMILES string of the molecule is C[C@@H]1CC[C@@H](COc2cc(F)c(C(=O)O)cc2C2CC2)CN1[C@H](C)c1cc(Cl)cc(Cl)c1. The van der Waals surface area contributed by atoms with Crippen molar-refractivity contribution in [2.24, 2.45) is 5.92 Å². The smallest absolute Gasteiger partial charge is 0.338 e. The third-order valence-corrected chi connectivity index (χ3v) is 7.15. The average Bonchev–Trinajstić information content (AvgIpc) is 3.57. The van der Waals surface area contributed by atoms with Gasteiger partial charge < -0.3 is 9.84 Å². The van der Waals surface area contributed by atoms with Crippen LogP contribution >= 0.6 is 23.2 Å². The Morgan fingerprint density at radius 1 is 1.16 bits per heavy atom. The van der Waals surface area contributed by atoms with Crippen LogP contribution in [0.2, 0.25) is 10.0 Å². The van der Waals surface area contributed by atoms with Crippen LogP contribution in [0.3, 0.4) is 0 Å². The highest BCUT2D eigenvalue weighted by Gasteiger charge is 2.32. The second kappa shape index (κ2) is 9.58. The van der Waals surface area contributed by atoms with E-state index in [1.54, 1.807) is 6.07 Å². The van der Waals surface area contributed by atoms with Crippen LogP contribution in [0.25, 0.3) is 0 Å². The van der Waals surface area contributed by atoms with Gasteiger partial charge in [0.15, 0.2) is 0 Å². The van der Waals surface area contributed by atoms with Crippen LogP contribution in [0, 0.1) is 11.7 Å². The lowest BCUT2D eigenvalue weighted by molar-refractivity contribution is 0.0584.